The van der Waals surface area contributed by atoms with E-state index in [0.29, 0.717) is 27.1 Å². The highest BCUT2D eigenvalue weighted by molar-refractivity contribution is 6.98. The number of para-hydroxylation sites is 3. The van der Waals surface area contributed by atoms with Gasteiger partial charge in [-0.2, -0.15) is 0 Å². The van der Waals surface area contributed by atoms with Crippen LogP contribution in [0.1, 0.15) is 0 Å². The van der Waals surface area contributed by atoms with Crippen molar-refractivity contribution in [2.24, 2.45) is 0 Å². The summed E-state index contributed by atoms with van der Waals surface area (Å²) in [5.41, 5.74) is 7.19. The molecule has 10 rings (SSSR count). The standard InChI is InChI=1S/C38H20BNO4/c41-37-23-7-1-3-11-29(23)40-30-17-15-21(19-26(30)38(42)25-9-5-8-24(37)36(25)40)22-16-18-32-28(20-22)39-27-10-2-4-12-31(27)43-33-13-6-14-34(44-32)35(33)39/h1-20H. The molecule has 0 unspecified atom stereocenters. The van der Waals surface area contributed by atoms with Gasteiger partial charge in [-0.3, -0.25) is 9.59 Å². The maximum Gasteiger partial charge on any atom is 0.260 e. The van der Waals surface area contributed by atoms with Gasteiger partial charge in [-0.1, -0.05) is 60.7 Å². The van der Waals surface area contributed by atoms with Gasteiger partial charge in [0, 0.05) is 27.0 Å². The van der Waals surface area contributed by atoms with E-state index in [1.807, 2.05) is 91.0 Å². The molecule has 2 aliphatic heterocycles. The molecule has 8 aromatic rings. The Hall–Kier alpha value is -5.88. The van der Waals surface area contributed by atoms with E-state index in [1.165, 1.54) is 0 Å². The fourth-order valence-corrected chi connectivity index (χ4v) is 7.33. The van der Waals surface area contributed by atoms with Crippen molar-refractivity contribution in [2.45, 2.75) is 0 Å². The molecule has 0 saturated carbocycles. The number of nitrogens with zero attached hydrogens (tertiary/aromatic N) is 1. The summed E-state index contributed by atoms with van der Waals surface area (Å²) in [7, 11) is 0. The summed E-state index contributed by atoms with van der Waals surface area (Å²) in [6.45, 7) is -0.0400. The van der Waals surface area contributed by atoms with E-state index in [9.17, 15) is 9.59 Å². The summed E-state index contributed by atoms with van der Waals surface area (Å²) < 4.78 is 14.7. The van der Waals surface area contributed by atoms with Crippen LogP contribution in [-0.4, -0.2) is 11.1 Å². The topological polar surface area (TPSA) is 57.0 Å². The molecule has 6 aromatic carbocycles. The molecule has 0 radical (unpaired) electrons. The molecule has 6 heteroatoms. The highest BCUT2D eigenvalue weighted by Crippen LogP contribution is 2.36. The van der Waals surface area contributed by atoms with Gasteiger partial charge in [0.2, 0.25) is 0 Å². The van der Waals surface area contributed by atoms with E-state index >= 15 is 0 Å². The Morgan fingerprint density at radius 1 is 0.477 bits per heavy atom. The van der Waals surface area contributed by atoms with Gasteiger partial charge in [0.1, 0.15) is 23.0 Å². The average molecular weight is 565 g/mol. The Labute approximate surface area is 250 Å². The van der Waals surface area contributed by atoms with Crippen molar-refractivity contribution >= 4 is 61.2 Å². The van der Waals surface area contributed by atoms with Crippen LogP contribution < -0.4 is 36.7 Å². The van der Waals surface area contributed by atoms with Gasteiger partial charge in [-0.15, -0.1) is 0 Å². The molecule has 0 aliphatic carbocycles. The van der Waals surface area contributed by atoms with Crippen molar-refractivity contribution in [2.75, 3.05) is 0 Å². The van der Waals surface area contributed by atoms with Crippen LogP contribution in [0.15, 0.2) is 131 Å². The first kappa shape index (κ1) is 23.7. The molecule has 0 bridgehead atoms. The summed E-state index contributed by atoms with van der Waals surface area (Å²) in [5.74, 6) is 3.27. The Kier molecular flexibility index (Phi) is 4.50. The van der Waals surface area contributed by atoms with Crippen LogP contribution in [0.5, 0.6) is 23.0 Å². The Morgan fingerprint density at radius 2 is 1.07 bits per heavy atom. The number of benzene rings is 6. The second kappa shape index (κ2) is 8.36. The fraction of sp³-hybridized carbons (Fsp3) is 0. The van der Waals surface area contributed by atoms with Gasteiger partial charge in [0.25, 0.3) is 6.71 Å². The fourth-order valence-electron chi connectivity index (χ4n) is 7.33. The molecular formula is C38H20BNO4. The Balaban J connectivity index is 1.23. The molecule has 0 amide bonds. The number of ether oxygens (including phenoxy) is 2. The molecule has 44 heavy (non-hydrogen) atoms. The van der Waals surface area contributed by atoms with Crippen LogP contribution in [0, 0.1) is 0 Å². The number of rotatable bonds is 1. The molecule has 5 nitrogen and oxygen atoms in total. The van der Waals surface area contributed by atoms with Gasteiger partial charge < -0.3 is 13.9 Å². The predicted molar refractivity (Wildman–Crippen MR) is 177 cm³/mol. The first-order valence-electron chi connectivity index (χ1n) is 14.6. The van der Waals surface area contributed by atoms with E-state index in [1.54, 1.807) is 6.07 Å². The molecule has 0 atom stereocenters. The molecule has 4 heterocycles. The van der Waals surface area contributed by atoms with Gasteiger partial charge in [0.05, 0.1) is 16.6 Å². The van der Waals surface area contributed by atoms with Crippen molar-refractivity contribution in [3.63, 3.8) is 0 Å². The molecule has 0 N–H and O–H groups in total. The van der Waals surface area contributed by atoms with Crippen molar-refractivity contribution < 1.29 is 9.47 Å². The average Bonchev–Trinajstić information content (AvgIpc) is 3.07. The minimum atomic E-state index is -0.0830. The van der Waals surface area contributed by atoms with Gasteiger partial charge >= 0.3 is 0 Å². The first-order valence-corrected chi connectivity index (χ1v) is 14.6. The van der Waals surface area contributed by atoms with Crippen LogP contribution in [0.3, 0.4) is 0 Å². The number of hydrogen-bond acceptors (Lipinski definition) is 4. The summed E-state index contributed by atoms with van der Waals surface area (Å²) in [5, 5.41) is 2.33. The molecule has 2 aliphatic rings. The Morgan fingerprint density at radius 3 is 1.91 bits per heavy atom. The second-order valence-electron chi connectivity index (χ2n) is 11.5. The first-order chi connectivity index (χ1) is 21.7. The lowest BCUT2D eigenvalue weighted by Crippen LogP contribution is -2.57. The third-order valence-electron chi connectivity index (χ3n) is 9.26. The lowest BCUT2D eigenvalue weighted by molar-refractivity contribution is 0.464. The van der Waals surface area contributed by atoms with Crippen molar-refractivity contribution in [3.8, 4) is 34.1 Å². The largest absolute Gasteiger partial charge is 0.458 e. The van der Waals surface area contributed by atoms with E-state index in [2.05, 4.69) is 28.7 Å². The molecule has 0 spiro atoms. The van der Waals surface area contributed by atoms with E-state index in [-0.39, 0.29) is 17.6 Å². The molecule has 0 saturated heterocycles. The summed E-state index contributed by atoms with van der Waals surface area (Å²) >= 11 is 0. The number of fused-ring (bicyclic) bond motifs is 8. The predicted octanol–water partition coefficient (Wildman–Crippen LogP) is 5.95. The molecule has 204 valence electrons. The second-order valence-corrected chi connectivity index (χ2v) is 11.5. The zero-order chi connectivity index (χ0) is 29.1. The van der Waals surface area contributed by atoms with Crippen LogP contribution in [-0.2, 0) is 0 Å². The lowest BCUT2D eigenvalue weighted by Gasteiger charge is -2.33. The minimum Gasteiger partial charge on any atom is -0.458 e. The third-order valence-corrected chi connectivity index (χ3v) is 9.26. The quantitative estimate of drug-likeness (QED) is 0.140. The SMILES string of the molecule is O=c1c2ccccc2n2c3ccc(-c4ccc5c(c4)B4c6ccccc6Oc6cccc(c64)O5)cc3c(=O)c3cccc1c32. The molecule has 2 aromatic heterocycles. The Bertz CT molecular complexity index is 2660. The minimum absolute atomic E-state index is 0.0400. The smallest absolute Gasteiger partial charge is 0.260 e. The number of hydrogen-bond donors (Lipinski definition) is 0. The van der Waals surface area contributed by atoms with E-state index in [0.717, 1.165) is 61.5 Å². The highest BCUT2D eigenvalue weighted by Gasteiger charge is 2.39. The van der Waals surface area contributed by atoms with Crippen molar-refractivity contribution in [3.05, 3.63) is 142 Å². The third kappa shape index (κ3) is 2.99. The molecular weight excluding hydrogens is 545 g/mol. The monoisotopic (exact) mass is 565 g/mol. The van der Waals surface area contributed by atoms with Crippen molar-refractivity contribution in [1.29, 1.82) is 0 Å². The number of aromatic nitrogens is 1. The summed E-state index contributed by atoms with van der Waals surface area (Å²) in [6.07, 6.45) is 0. The summed E-state index contributed by atoms with van der Waals surface area (Å²) in [4.78, 5) is 27.4. The normalized spacial score (nSPS) is 13.0. The zero-order valence-electron chi connectivity index (χ0n) is 23.2. The van der Waals surface area contributed by atoms with E-state index in [4.69, 9.17) is 9.47 Å². The molecule has 0 fully saturated rings. The van der Waals surface area contributed by atoms with Crippen LogP contribution in [0.25, 0.3) is 49.2 Å². The van der Waals surface area contributed by atoms with Crippen molar-refractivity contribution in [1.82, 2.24) is 4.40 Å². The van der Waals surface area contributed by atoms with Gasteiger partial charge in [-0.25, -0.2) is 0 Å². The number of pyridine rings is 2. The van der Waals surface area contributed by atoms with Crippen LogP contribution >= 0.6 is 0 Å². The van der Waals surface area contributed by atoms with Gasteiger partial charge in [0.15, 0.2) is 10.9 Å². The van der Waals surface area contributed by atoms with Crippen LogP contribution in [0.2, 0.25) is 0 Å². The summed E-state index contributed by atoms with van der Waals surface area (Å²) in [6, 6.07) is 39.4. The lowest BCUT2D eigenvalue weighted by atomic mass is 9.35. The van der Waals surface area contributed by atoms with Gasteiger partial charge in [-0.05, 0) is 82.7 Å². The van der Waals surface area contributed by atoms with Crippen LogP contribution in [0.4, 0.5) is 0 Å². The van der Waals surface area contributed by atoms with E-state index < -0.39 is 0 Å². The highest BCUT2D eigenvalue weighted by atomic mass is 16.5. The maximum atomic E-state index is 14.0. The maximum absolute atomic E-state index is 14.0. The zero-order valence-corrected chi connectivity index (χ0v) is 23.2.